The molecule has 21 heavy (non-hydrogen) atoms. The SMILES string of the molecule is COc1ccc(C(=O)Nc2c(Br)cc(C)cc2Br)c(O)c1. The van der Waals surface area contributed by atoms with Crippen molar-refractivity contribution >= 4 is 43.5 Å². The summed E-state index contributed by atoms with van der Waals surface area (Å²) in [6.07, 6.45) is 0. The quantitative estimate of drug-likeness (QED) is 0.777. The lowest BCUT2D eigenvalue weighted by Gasteiger charge is -2.12. The Morgan fingerprint density at radius 1 is 1.19 bits per heavy atom. The average molecular weight is 415 g/mol. The van der Waals surface area contributed by atoms with E-state index >= 15 is 0 Å². The number of nitrogens with one attached hydrogen (secondary N) is 1. The molecule has 0 saturated heterocycles. The molecule has 2 aromatic carbocycles. The Morgan fingerprint density at radius 3 is 2.33 bits per heavy atom. The molecule has 0 aliphatic heterocycles. The highest BCUT2D eigenvalue weighted by molar-refractivity contribution is 9.11. The Balaban J connectivity index is 2.30. The first-order valence-electron chi connectivity index (χ1n) is 6.06. The number of phenolic OH excluding ortho intramolecular Hbond substituents is 1. The summed E-state index contributed by atoms with van der Waals surface area (Å²) in [5.74, 6) is -0.0478. The molecular formula is C15H13Br2NO3. The van der Waals surface area contributed by atoms with E-state index in [1.54, 1.807) is 6.07 Å². The number of carbonyl (C=O) groups excluding carboxylic acids is 1. The number of hydrogen-bond donors (Lipinski definition) is 2. The molecule has 4 nitrogen and oxygen atoms in total. The zero-order valence-electron chi connectivity index (χ0n) is 11.4. The van der Waals surface area contributed by atoms with Gasteiger partial charge in [0.2, 0.25) is 0 Å². The van der Waals surface area contributed by atoms with E-state index in [4.69, 9.17) is 4.74 Å². The number of halogens is 2. The number of rotatable bonds is 3. The fraction of sp³-hybridized carbons (Fsp3) is 0.133. The molecule has 0 heterocycles. The summed E-state index contributed by atoms with van der Waals surface area (Å²) < 4.78 is 6.51. The Morgan fingerprint density at radius 2 is 1.81 bits per heavy atom. The Kier molecular flexibility index (Phi) is 4.90. The van der Waals surface area contributed by atoms with Gasteiger partial charge in [-0.25, -0.2) is 0 Å². The topological polar surface area (TPSA) is 58.6 Å². The van der Waals surface area contributed by atoms with E-state index < -0.39 is 5.91 Å². The van der Waals surface area contributed by atoms with Crippen molar-refractivity contribution in [1.29, 1.82) is 0 Å². The summed E-state index contributed by atoms with van der Waals surface area (Å²) in [7, 11) is 1.50. The van der Waals surface area contributed by atoms with E-state index in [2.05, 4.69) is 37.2 Å². The van der Waals surface area contributed by atoms with Crippen LogP contribution in [-0.4, -0.2) is 18.1 Å². The van der Waals surface area contributed by atoms with E-state index in [-0.39, 0.29) is 11.3 Å². The van der Waals surface area contributed by atoms with Crippen LogP contribution >= 0.6 is 31.9 Å². The van der Waals surface area contributed by atoms with Crippen LogP contribution in [0.4, 0.5) is 5.69 Å². The lowest BCUT2D eigenvalue weighted by Crippen LogP contribution is -2.13. The zero-order valence-corrected chi connectivity index (χ0v) is 14.6. The van der Waals surface area contributed by atoms with Gasteiger partial charge in [-0.3, -0.25) is 4.79 Å². The van der Waals surface area contributed by atoms with Crippen LogP contribution in [-0.2, 0) is 0 Å². The number of benzene rings is 2. The first-order chi connectivity index (χ1) is 9.92. The first kappa shape index (κ1) is 15.9. The number of aromatic hydroxyl groups is 1. The summed E-state index contributed by atoms with van der Waals surface area (Å²) in [6, 6.07) is 8.32. The van der Waals surface area contributed by atoms with Crippen molar-refractivity contribution < 1.29 is 14.6 Å². The van der Waals surface area contributed by atoms with Crippen molar-refractivity contribution in [3.05, 3.63) is 50.4 Å². The van der Waals surface area contributed by atoms with Gasteiger partial charge in [0.15, 0.2) is 0 Å². The second-order valence-corrected chi connectivity index (χ2v) is 6.15. The maximum absolute atomic E-state index is 12.3. The van der Waals surface area contributed by atoms with Gasteiger partial charge in [-0.15, -0.1) is 0 Å². The van der Waals surface area contributed by atoms with Crippen LogP contribution in [0.5, 0.6) is 11.5 Å². The van der Waals surface area contributed by atoms with Crippen LogP contribution < -0.4 is 10.1 Å². The monoisotopic (exact) mass is 413 g/mol. The minimum absolute atomic E-state index is 0.133. The van der Waals surface area contributed by atoms with Crippen molar-refractivity contribution in [2.24, 2.45) is 0 Å². The number of anilines is 1. The molecule has 2 aromatic rings. The Hall–Kier alpha value is -1.53. The number of phenols is 1. The van der Waals surface area contributed by atoms with Gasteiger partial charge >= 0.3 is 0 Å². The van der Waals surface area contributed by atoms with E-state index in [1.165, 1.54) is 19.2 Å². The fourth-order valence-corrected chi connectivity index (χ4v) is 3.44. The number of hydrogen-bond acceptors (Lipinski definition) is 3. The molecule has 0 aliphatic carbocycles. The molecule has 0 fully saturated rings. The predicted molar refractivity (Wildman–Crippen MR) is 89.2 cm³/mol. The molecule has 110 valence electrons. The minimum Gasteiger partial charge on any atom is -0.507 e. The highest BCUT2D eigenvalue weighted by atomic mass is 79.9. The standard InChI is InChI=1S/C15H13Br2NO3/c1-8-5-11(16)14(12(17)6-8)18-15(20)10-4-3-9(21-2)7-13(10)19/h3-7,19H,1-2H3,(H,18,20). The summed E-state index contributed by atoms with van der Waals surface area (Å²) >= 11 is 6.83. The molecule has 0 unspecified atom stereocenters. The lowest BCUT2D eigenvalue weighted by atomic mass is 10.1. The van der Waals surface area contributed by atoms with Crippen molar-refractivity contribution in [3.63, 3.8) is 0 Å². The molecule has 6 heteroatoms. The smallest absolute Gasteiger partial charge is 0.259 e. The van der Waals surface area contributed by atoms with Crippen molar-refractivity contribution in [3.8, 4) is 11.5 Å². The molecule has 0 saturated carbocycles. The molecule has 0 aromatic heterocycles. The number of aryl methyl sites for hydroxylation is 1. The molecule has 1 amide bonds. The van der Waals surface area contributed by atoms with Gasteiger partial charge < -0.3 is 15.2 Å². The Labute approximate surface area is 139 Å². The molecule has 0 aliphatic rings. The van der Waals surface area contributed by atoms with E-state index in [0.717, 1.165) is 14.5 Å². The van der Waals surface area contributed by atoms with Crippen LogP contribution in [0.25, 0.3) is 0 Å². The summed E-state index contributed by atoms with van der Waals surface area (Å²) in [4.78, 5) is 12.3. The third-order valence-corrected chi connectivity index (χ3v) is 4.13. The number of carbonyl (C=O) groups is 1. The van der Waals surface area contributed by atoms with Crippen molar-refractivity contribution in [1.82, 2.24) is 0 Å². The van der Waals surface area contributed by atoms with Crippen LogP contribution in [0.1, 0.15) is 15.9 Å². The summed E-state index contributed by atoms with van der Waals surface area (Å²) in [5, 5.41) is 12.7. The average Bonchev–Trinajstić information content (AvgIpc) is 2.42. The van der Waals surface area contributed by atoms with Gasteiger partial charge in [0.1, 0.15) is 11.5 Å². The van der Waals surface area contributed by atoms with Gasteiger partial charge in [-0.2, -0.15) is 0 Å². The largest absolute Gasteiger partial charge is 0.507 e. The highest BCUT2D eigenvalue weighted by Crippen LogP contribution is 2.33. The predicted octanol–water partition coefficient (Wildman–Crippen LogP) is 4.49. The Bertz CT molecular complexity index is 678. The van der Waals surface area contributed by atoms with E-state index in [9.17, 15) is 9.90 Å². The lowest BCUT2D eigenvalue weighted by molar-refractivity contribution is 0.102. The van der Waals surface area contributed by atoms with Crippen molar-refractivity contribution in [2.75, 3.05) is 12.4 Å². The van der Waals surface area contributed by atoms with Crippen LogP contribution in [0.2, 0.25) is 0 Å². The second-order valence-electron chi connectivity index (χ2n) is 4.44. The molecule has 2 rings (SSSR count). The molecule has 2 N–H and O–H groups in total. The third kappa shape index (κ3) is 3.57. The van der Waals surface area contributed by atoms with Gasteiger partial charge in [0.25, 0.3) is 5.91 Å². The number of amides is 1. The second kappa shape index (κ2) is 6.49. The maximum Gasteiger partial charge on any atom is 0.259 e. The maximum atomic E-state index is 12.3. The van der Waals surface area contributed by atoms with E-state index in [1.807, 2.05) is 19.1 Å². The summed E-state index contributed by atoms with van der Waals surface area (Å²) in [6.45, 7) is 1.95. The molecular weight excluding hydrogens is 402 g/mol. The normalized spacial score (nSPS) is 10.3. The van der Waals surface area contributed by atoms with Crippen LogP contribution in [0.15, 0.2) is 39.3 Å². The first-order valence-corrected chi connectivity index (χ1v) is 7.65. The van der Waals surface area contributed by atoms with Gasteiger partial charge in [-0.05, 0) is 68.6 Å². The van der Waals surface area contributed by atoms with Crippen LogP contribution in [0.3, 0.4) is 0 Å². The third-order valence-electron chi connectivity index (χ3n) is 2.87. The van der Waals surface area contributed by atoms with Gasteiger partial charge in [0.05, 0.1) is 18.4 Å². The number of ether oxygens (including phenoxy) is 1. The molecule has 0 radical (unpaired) electrons. The van der Waals surface area contributed by atoms with Gasteiger partial charge in [0, 0.05) is 15.0 Å². The molecule has 0 bridgehead atoms. The molecule has 0 atom stereocenters. The molecule has 0 spiro atoms. The van der Waals surface area contributed by atoms with Crippen LogP contribution in [0, 0.1) is 6.92 Å². The zero-order chi connectivity index (χ0) is 15.6. The van der Waals surface area contributed by atoms with Crippen molar-refractivity contribution in [2.45, 2.75) is 6.92 Å². The number of methoxy groups -OCH3 is 1. The fourth-order valence-electron chi connectivity index (χ4n) is 1.83. The highest BCUT2D eigenvalue weighted by Gasteiger charge is 2.15. The minimum atomic E-state index is -0.402. The van der Waals surface area contributed by atoms with Gasteiger partial charge in [-0.1, -0.05) is 0 Å². The van der Waals surface area contributed by atoms with E-state index in [0.29, 0.717) is 11.4 Å². The summed E-state index contributed by atoms with van der Waals surface area (Å²) in [5.41, 5.74) is 1.84.